The van der Waals surface area contributed by atoms with Gasteiger partial charge in [-0.15, -0.1) is 10.2 Å². The van der Waals surface area contributed by atoms with Crippen LogP contribution < -0.4 is 5.32 Å². The quantitative estimate of drug-likeness (QED) is 0.767. The van der Waals surface area contributed by atoms with Crippen LogP contribution in [0.15, 0.2) is 5.51 Å². The van der Waals surface area contributed by atoms with Crippen LogP contribution in [0.25, 0.3) is 0 Å². The number of nitrogens with zero attached hydrogens (tertiary/aromatic N) is 3. The maximum atomic E-state index is 3.91. The van der Waals surface area contributed by atoms with E-state index in [2.05, 4.69) is 27.5 Å². The second-order valence-electron chi connectivity index (χ2n) is 3.38. The Morgan fingerprint density at radius 2 is 2.54 bits per heavy atom. The van der Waals surface area contributed by atoms with Crippen LogP contribution in [-0.4, -0.2) is 41.3 Å². The number of aromatic nitrogens is 2. The van der Waals surface area contributed by atoms with E-state index in [1.54, 1.807) is 16.8 Å². The number of nitrogens with one attached hydrogen (secondary N) is 1. The molecule has 4 nitrogen and oxygen atoms in total. The Morgan fingerprint density at radius 1 is 1.69 bits per heavy atom. The van der Waals surface area contributed by atoms with Crippen LogP contribution in [0.2, 0.25) is 0 Å². The van der Waals surface area contributed by atoms with E-state index in [1.165, 1.54) is 12.8 Å². The van der Waals surface area contributed by atoms with Crippen LogP contribution in [0.4, 0.5) is 5.13 Å². The van der Waals surface area contributed by atoms with E-state index in [0.29, 0.717) is 0 Å². The standard InChI is InChI=1S/C8H14N4S/c1-12(7-2-3-7)5-4-9-8-11-10-6-13-8/h6-7H,2-5H2,1H3,(H,9,11). The summed E-state index contributed by atoms with van der Waals surface area (Å²) in [6.07, 6.45) is 2.74. The molecule has 1 N–H and O–H groups in total. The molecule has 13 heavy (non-hydrogen) atoms. The predicted molar refractivity (Wildman–Crippen MR) is 54.1 cm³/mol. The van der Waals surface area contributed by atoms with Gasteiger partial charge < -0.3 is 10.2 Å². The summed E-state index contributed by atoms with van der Waals surface area (Å²) in [6.45, 7) is 2.05. The fourth-order valence-electron chi connectivity index (χ4n) is 1.29. The normalized spacial score (nSPS) is 16.5. The molecule has 0 radical (unpaired) electrons. The average molecular weight is 198 g/mol. The van der Waals surface area contributed by atoms with Gasteiger partial charge in [-0.1, -0.05) is 11.3 Å². The molecule has 5 heteroatoms. The lowest BCUT2D eigenvalue weighted by Gasteiger charge is -2.14. The molecular formula is C8H14N4S. The highest BCUT2D eigenvalue weighted by molar-refractivity contribution is 7.13. The van der Waals surface area contributed by atoms with E-state index in [4.69, 9.17) is 0 Å². The van der Waals surface area contributed by atoms with Crippen molar-refractivity contribution in [1.29, 1.82) is 0 Å². The molecule has 72 valence electrons. The SMILES string of the molecule is CN(CCNc1nncs1)C1CC1. The molecule has 0 aromatic carbocycles. The van der Waals surface area contributed by atoms with Gasteiger partial charge in [-0.3, -0.25) is 0 Å². The van der Waals surface area contributed by atoms with E-state index in [-0.39, 0.29) is 0 Å². The van der Waals surface area contributed by atoms with Gasteiger partial charge in [0.25, 0.3) is 0 Å². The van der Waals surface area contributed by atoms with Crippen LogP contribution in [0.1, 0.15) is 12.8 Å². The predicted octanol–water partition coefficient (Wildman–Crippen LogP) is 1.04. The van der Waals surface area contributed by atoms with E-state index >= 15 is 0 Å². The molecule has 0 saturated heterocycles. The molecule has 1 aromatic rings. The Hall–Kier alpha value is -0.680. The fraction of sp³-hybridized carbons (Fsp3) is 0.750. The highest BCUT2D eigenvalue weighted by Gasteiger charge is 2.25. The zero-order valence-corrected chi connectivity index (χ0v) is 8.55. The molecule has 1 aromatic heterocycles. The van der Waals surface area contributed by atoms with Crippen molar-refractivity contribution in [2.24, 2.45) is 0 Å². The topological polar surface area (TPSA) is 41.0 Å². The highest BCUT2D eigenvalue weighted by atomic mass is 32.1. The first-order valence-electron chi connectivity index (χ1n) is 4.56. The Kier molecular flexibility index (Phi) is 2.75. The Bertz CT molecular complexity index is 245. The van der Waals surface area contributed by atoms with Crippen molar-refractivity contribution < 1.29 is 0 Å². The first-order valence-corrected chi connectivity index (χ1v) is 5.44. The number of hydrogen-bond acceptors (Lipinski definition) is 5. The lowest BCUT2D eigenvalue weighted by molar-refractivity contribution is 0.337. The van der Waals surface area contributed by atoms with E-state index < -0.39 is 0 Å². The minimum absolute atomic E-state index is 0.844. The average Bonchev–Trinajstić information content (AvgIpc) is 2.86. The molecule has 0 aliphatic heterocycles. The van der Waals surface area contributed by atoms with Gasteiger partial charge in [-0.05, 0) is 19.9 Å². The smallest absolute Gasteiger partial charge is 0.205 e. The van der Waals surface area contributed by atoms with Crippen molar-refractivity contribution in [3.05, 3.63) is 5.51 Å². The summed E-state index contributed by atoms with van der Waals surface area (Å²) in [6, 6.07) is 0.844. The molecule has 0 spiro atoms. The lowest BCUT2D eigenvalue weighted by atomic mass is 10.5. The third kappa shape index (κ3) is 2.63. The summed E-state index contributed by atoms with van der Waals surface area (Å²) < 4.78 is 0. The van der Waals surface area contributed by atoms with Crippen LogP contribution >= 0.6 is 11.3 Å². The van der Waals surface area contributed by atoms with Gasteiger partial charge in [-0.2, -0.15) is 0 Å². The van der Waals surface area contributed by atoms with Crippen LogP contribution in [0.3, 0.4) is 0 Å². The molecule has 0 amide bonds. The Balaban J connectivity index is 1.63. The maximum Gasteiger partial charge on any atom is 0.205 e. The van der Waals surface area contributed by atoms with Crippen molar-refractivity contribution >= 4 is 16.5 Å². The summed E-state index contributed by atoms with van der Waals surface area (Å²) in [5.41, 5.74) is 1.74. The first-order chi connectivity index (χ1) is 6.36. The molecule has 1 fully saturated rings. The lowest BCUT2D eigenvalue weighted by Crippen LogP contribution is -2.26. The van der Waals surface area contributed by atoms with Gasteiger partial charge >= 0.3 is 0 Å². The monoisotopic (exact) mass is 198 g/mol. The first kappa shape index (κ1) is 8.90. The van der Waals surface area contributed by atoms with Gasteiger partial charge in [-0.25, -0.2) is 0 Å². The molecular weight excluding hydrogens is 184 g/mol. The van der Waals surface area contributed by atoms with E-state index in [1.807, 2.05) is 0 Å². The molecule has 0 atom stereocenters. The summed E-state index contributed by atoms with van der Waals surface area (Å²) in [4.78, 5) is 2.40. The van der Waals surface area contributed by atoms with Gasteiger partial charge in [0, 0.05) is 19.1 Å². The molecule has 1 heterocycles. The van der Waals surface area contributed by atoms with Crippen molar-refractivity contribution in [3.63, 3.8) is 0 Å². The highest BCUT2D eigenvalue weighted by Crippen LogP contribution is 2.24. The van der Waals surface area contributed by atoms with Gasteiger partial charge in [0.2, 0.25) is 5.13 Å². The van der Waals surface area contributed by atoms with E-state index in [0.717, 1.165) is 24.3 Å². The summed E-state index contributed by atoms with van der Waals surface area (Å²) in [7, 11) is 2.18. The number of hydrogen-bond donors (Lipinski definition) is 1. The third-order valence-corrected chi connectivity index (χ3v) is 2.92. The number of anilines is 1. The second-order valence-corrected chi connectivity index (χ2v) is 4.22. The zero-order chi connectivity index (χ0) is 9.10. The second kappa shape index (κ2) is 4.02. The van der Waals surface area contributed by atoms with Gasteiger partial charge in [0.15, 0.2) is 0 Å². The minimum atomic E-state index is 0.844. The summed E-state index contributed by atoms with van der Waals surface area (Å²) in [5, 5.41) is 11.8. The molecule has 1 aliphatic rings. The van der Waals surface area contributed by atoms with Crippen molar-refractivity contribution in [2.75, 3.05) is 25.5 Å². The zero-order valence-electron chi connectivity index (χ0n) is 7.73. The number of likely N-dealkylation sites (N-methyl/N-ethyl adjacent to an activating group) is 1. The molecule has 1 saturated carbocycles. The Morgan fingerprint density at radius 3 is 3.15 bits per heavy atom. The van der Waals surface area contributed by atoms with Crippen molar-refractivity contribution in [1.82, 2.24) is 15.1 Å². The molecule has 1 aliphatic carbocycles. The van der Waals surface area contributed by atoms with Gasteiger partial charge in [0.05, 0.1) is 0 Å². The summed E-state index contributed by atoms with van der Waals surface area (Å²) >= 11 is 1.55. The van der Waals surface area contributed by atoms with E-state index in [9.17, 15) is 0 Å². The third-order valence-electron chi connectivity index (χ3n) is 2.27. The molecule has 0 bridgehead atoms. The molecule has 0 unspecified atom stereocenters. The number of rotatable bonds is 5. The van der Waals surface area contributed by atoms with Gasteiger partial charge in [0.1, 0.15) is 5.51 Å². The van der Waals surface area contributed by atoms with Crippen LogP contribution in [0, 0.1) is 0 Å². The Labute approximate surface area is 82.0 Å². The van der Waals surface area contributed by atoms with Crippen molar-refractivity contribution in [3.8, 4) is 0 Å². The largest absolute Gasteiger partial charge is 0.359 e. The molecule has 2 rings (SSSR count). The van der Waals surface area contributed by atoms with Crippen LogP contribution in [-0.2, 0) is 0 Å². The minimum Gasteiger partial charge on any atom is -0.359 e. The maximum absolute atomic E-state index is 3.91. The summed E-state index contributed by atoms with van der Waals surface area (Å²) in [5.74, 6) is 0. The van der Waals surface area contributed by atoms with Crippen LogP contribution in [0.5, 0.6) is 0 Å². The fourth-order valence-corrected chi connectivity index (χ4v) is 1.76. The van der Waals surface area contributed by atoms with Crippen molar-refractivity contribution in [2.45, 2.75) is 18.9 Å².